The lowest BCUT2D eigenvalue weighted by atomic mass is 9.94. The maximum Gasteiger partial charge on any atom is 0.263 e. The summed E-state index contributed by atoms with van der Waals surface area (Å²) in [6.07, 6.45) is 5.16. The van der Waals surface area contributed by atoms with Crippen LogP contribution in [0.15, 0.2) is 57.9 Å². The molecule has 4 heterocycles. The van der Waals surface area contributed by atoms with E-state index in [4.69, 9.17) is 4.42 Å². The zero-order chi connectivity index (χ0) is 22.9. The van der Waals surface area contributed by atoms with Gasteiger partial charge in [-0.15, -0.1) is 0 Å². The molecule has 168 valence electrons. The van der Waals surface area contributed by atoms with Crippen molar-refractivity contribution in [2.24, 2.45) is 5.41 Å². The van der Waals surface area contributed by atoms with Gasteiger partial charge < -0.3 is 9.32 Å². The number of rotatable bonds is 2. The average Bonchev–Trinajstić information content (AvgIpc) is 3.49. The Hall–Kier alpha value is -3.35. The Morgan fingerprint density at radius 3 is 2.72 bits per heavy atom. The number of carbonyl (C=O) groups excluding carboxylic acids is 1. The second-order valence-corrected chi connectivity index (χ2v) is 9.25. The number of aromatic amines is 1. The lowest BCUT2D eigenvalue weighted by Crippen LogP contribution is -2.42. The molecule has 1 fully saturated rings. The fourth-order valence-corrected chi connectivity index (χ4v) is 4.14. The lowest BCUT2D eigenvalue weighted by molar-refractivity contribution is -0.140. The molecule has 1 saturated heterocycles. The molecule has 1 amide bonds. The summed E-state index contributed by atoms with van der Waals surface area (Å²) in [5, 5.41) is 3.74. The molecule has 0 aliphatic carbocycles. The van der Waals surface area contributed by atoms with Crippen molar-refractivity contribution in [1.29, 1.82) is 0 Å². The summed E-state index contributed by atoms with van der Waals surface area (Å²) in [5.41, 5.74) is 1.82. The first-order valence-electron chi connectivity index (χ1n) is 11.1. The van der Waals surface area contributed by atoms with E-state index in [1.165, 1.54) is 18.9 Å². The third kappa shape index (κ3) is 4.33. The molecule has 1 aliphatic heterocycles. The number of carbonyl (C=O) groups is 1. The van der Waals surface area contributed by atoms with Gasteiger partial charge in [-0.05, 0) is 37.5 Å². The lowest BCUT2D eigenvalue weighted by Gasteiger charge is -2.30. The molecular weight excluding hydrogens is 404 g/mol. The molecule has 3 aromatic heterocycles. The van der Waals surface area contributed by atoms with Gasteiger partial charge >= 0.3 is 0 Å². The zero-order valence-electron chi connectivity index (χ0n) is 19.1. The van der Waals surface area contributed by atoms with Crippen LogP contribution < -0.4 is 5.56 Å². The molecular formula is C25H30N4O3. The molecule has 0 saturated carbocycles. The number of aromatic nitrogens is 3. The second kappa shape index (κ2) is 8.65. The van der Waals surface area contributed by atoms with Crippen molar-refractivity contribution in [2.75, 3.05) is 6.54 Å². The predicted molar refractivity (Wildman–Crippen MR) is 126 cm³/mol. The molecule has 0 radical (unpaired) electrons. The fraction of sp³-hybridized carbons (Fsp3) is 0.400. The van der Waals surface area contributed by atoms with Crippen molar-refractivity contribution in [3.05, 3.63) is 59.0 Å². The van der Waals surface area contributed by atoms with Crippen LogP contribution in [0, 0.1) is 5.41 Å². The zero-order valence-corrected chi connectivity index (χ0v) is 19.1. The molecule has 7 nitrogen and oxygen atoms in total. The van der Waals surface area contributed by atoms with E-state index in [1.54, 1.807) is 16.8 Å². The van der Waals surface area contributed by atoms with E-state index in [1.807, 2.05) is 51.1 Å². The van der Waals surface area contributed by atoms with Gasteiger partial charge in [0.25, 0.3) is 5.56 Å². The Morgan fingerprint density at radius 2 is 2.00 bits per heavy atom. The van der Waals surface area contributed by atoms with Crippen LogP contribution in [0.25, 0.3) is 28.1 Å². The van der Waals surface area contributed by atoms with E-state index in [2.05, 4.69) is 21.9 Å². The highest BCUT2D eigenvalue weighted by Gasteiger charge is 2.33. The third-order valence-electron chi connectivity index (χ3n) is 5.82. The van der Waals surface area contributed by atoms with E-state index in [9.17, 15) is 9.59 Å². The molecule has 5 rings (SSSR count). The van der Waals surface area contributed by atoms with Crippen molar-refractivity contribution in [2.45, 2.75) is 53.0 Å². The highest BCUT2D eigenvalue weighted by molar-refractivity contribution is 5.82. The molecule has 0 unspecified atom stereocenters. The minimum atomic E-state index is -0.211. The van der Waals surface area contributed by atoms with Gasteiger partial charge in [-0.1, -0.05) is 45.9 Å². The smallest absolute Gasteiger partial charge is 0.263 e. The quantitative estimate of drug-likeness (QED) is 0.488. The highest BCUT2D eigenvalue weighted by atomic mass is 16.3. The largest absolute Gasteiger partial charge is 0.454 e. The van der Waals surface area contributed by atoms with Crippen LogP contribution in [0.2, 0.25) is 0 Å². The van der Waals surface area contributed by atoms with Gasteiger partial charge in [0.1, 0.15) is 11.3 Å². The van der Waals surface area contributed by atoms with Crippen LogP contribution in [-0.4, -0.2) is 38.0 Å². The van der Waals surface area contributed by atoms with E-state index in [0.29, 0.717) is 23.4 Å². The predicted octanol–water partition coefficient (Wildman–Crippen LogP) is 4.87. The second-order valence-electron chi connectivity index (χ2n) is 9.25. The summed E-state index contributed by atoms with van der Waals surface area (Å²) in [5.74, 6) is 0.993. The Morgan fingerprint density at radius 1 is 1.22 bits per heavy atom. The van der Waals surface area contributed by atoms with Crippen molar-refractivity contribution < 1.29 is 9.21 Å². The van der Waals surface area contributed by atoms with Gasteiger partial charge in [-0.2, -0.15) is 0 Å². The van der Waals surface area contributed by atoms with Crippen molar-refractivity contribution in [1.82, 2.24) is 19.5 Å². The summed E-state index contributed by atoms with van der Waals surface area (Å²) < 4.78 is 7.40. The Balaban J connectivity index is 0.000000166. The van der Waals surface area contributed by atoms with Gasteiger partial charge in [-0.3, -0.25) is 14.7 Å². The van der Waals surface area contributed by atoms with E-state index in [-0.39, 0.29) is 11.0 Å². The van der Waals surface area contributed by atoms with Gasteiger partial charge in [-0.25, -0.2) is 9.50 Å². The van der Waals surface area contributed by atoms with Crippen molar-refractivity contribution in [3.8, 4) is 11.5 Å². The molecule has 1 aromatic carbocycles. The normalized spacial score (nSPS) is 16.4. The first kappa shape index (κ1) is 21.9. The van der Waals surface area contributed by atoms with E-state index < -0.39 is 0 Å². The molecule has 0 bridgehead atoms. The van der Waals surface area contributed by atoms with Crippen LogP contribution >= 0.6 is 0 Å². The maximum atomic E-state index is 12.0. The standard InChI is InChI=1S/C14H9N3O2.C11H21NO/c18-14-6-5-13-15-8-10(17(13)16-14)12-7-9-3-1-2-4-11(9)19-12;1-5-9-7-6-8-12(9)10(13)11(2,3)4/h1-8H,(H,16,18);9H,5-8H2,1-4H3/t;9-/m.1/s1. The average molecular weight is 435 g/mol. The molecule has 32 heavy (non-hydrogen) atoms. The molecule has 0 spiro atoms. The number of benzene rings is 1. The number of nitrogens with one attached hydrogen (secondary N) is 1. The number of hydrogen-bond acceptors (Lipinski definition) is 4. The molecule has 1 N–H and O–H groups in total. The Kier molecular flexibility index (Phi) is 5.91. The number of likely N-dealkylation sites (tertiary alicyclic amines) is 1. The summed E-state index contributed by atoms with van der Waals surface area (Å²) in [6.45, 7) is 9.13. The van der Waals surface area contributed by atoms with Crippen molar-refractivity contribution in [3.63, 3.8) is 0 Å². The summed E-state index contributed by atoms with van der Waals surface area (Å²) in [6, 6.07) is 13.3. The third-order valence-corrected chi connectivity index (χ3v) is 5.82. The summed E-state index contributed by atoms with van der Waals surface area (Å²) >= 11 is 0. The summed E-state index contributed by atoms with van der Waals surface area (Å²) in [4.78, 5) is 29.7. The van der Waals surface area contributed by atoms with Crippen LogP contribution in [-0.2, 0) is 4.79 Å². The topological polar surface area (TPSA) is 83.6 Å². The number of imidazole rings is 1. The molecule has 1 aliphatic rings. The Bertz CT molecular complexity index is 1260. The molecule has 7 heteroatoms. The summed E-state index contributed by atoms with van der Waals surface area (Å²) in [7, 11) is 0. The number of H-pyrrole nitrogens is 1. The number of hydrogen-bond donors (Lipinski definition) is 1. The number of para-hydroxylation sites is 1. The molecule has 1 atom stereocenters. The van der Waals surface area contributed by atoms with Gasteiger partial charge in [0.05, 0.1) is 6.20 Å². The monoisotopic (exact) mass is 434 g/mol. The maximum absolute atomic E-state index is 12.0. The number of amides is 1. The van der Waals surface area contributed by atoms with Gasteiger partial charge in [0, 0.05) is 29.5 Å². The minimum absolute atomic E-state index is 0.178. The number of fused-ring (bicyclic) bond motifs is 2. The van der Waals surface area contributed by atoms with Crippen LogP contribution in [0.4, 0.5) is 0 Å². The first-order chi connectivity index (χ1) is 15.3. The van der Waals surface area contributed by atoms with Gasteiger partial charge in [0.2, 0.25) is 5.91 Å². The van der Waals surface area contributed by atoms with Crippen LogP contribution in [0.5, 0.6) is 0 Å². The van der Waals surface area contributed by atoms with Crippen molar-refractivity contribution >= 4 is 22.5 Å². The van der Waals surface area contributed by atoms with E-state index >= 15 is 0 Å². The van der Waals surface area contributed by atoms with Crippen LogP contribution in [0.1, 0.15) is 47.0 Å². The fourth-order valence-electron chi connectivity index (χ4n) is 4.14. The minimum Gasteiger partial charge on any atom is -0.454 e. The number of furan rings is 1. The highest BCUT2D eigenvalue weighted by Crippen LogP contribution is 2.28. The van der Waals surface area contributed by atoms with Crippen LogP contribution in [0.3, 0.4) is 0 Å². The van der Waals surface area contributed by atoms with Gasteiger partial charge in [0.15, 0.2) is 11.4 Å². The number of nitrogens with zero attached hydrogens (tertiary/aromatic N) is 3. The van der Waals surface area contributed by atoms with E-state index in [0.717, 1.165) is 29.6 Å². The Labute approximate surface area is 187 Å². The molecule has 4 aromatic rings. The SMILES string of the molecule is CC[C@@H]1CCCN1C(=O)C(C)(C)C.O=c1ccc2ncc(-c3cc4ccccc4o3)n2[nH]1. The first-order valence-corrected chi connectivity index (χ1v) is 11.1.